The molecule has 1 amide bonds. The van der Waals surface area contributed by atoms with E-state index in [0.29, 0.717) is 30.8 Å². The van der Waals surface area contributed by atoms with Crippen LogP contribution in [0.5, 0.6) is 0 Å². The zero-order valence-electron chi connectivity index (χ0n) is 12.2. The Morgan fingerprint density at radius 2 is 1.81 bits per heavy atom. The summed E-state index contributed by atoms with van der Waals surface area (Å²) in [5.41, 5.74) is 6.82. The van der Waals surface area contributed by atoms with Gasteiger partial charge in [-0.3, -0.25) is 4.79 Å². The molecule has 0 aromatic heterocycles. The molecule has 21 heavy (non-hydrogen) atoms. The fraction of sp³-hybridized carbons (Fsp3) is 0.500. The molecule has 6 nitrogen and oxygen atoms in total. The van der Waals surface area contributed by atoms with Crippen LogP contribution in [0.2, 0.25) is 0 Å². The van der Waals surface area contributed by atoms with E-state index in [2.05, 4.69) is 5.32 Å². The Kier molecular flexibility index (Phi) is 7.18. The van der Waals surface area contributed by atoms with Crippen molar-refractivity contribution in [3.8, 4) is 0 Å². The summed E-state index contributed by atoms with van der Waals surface area (Å²) in [4.78, 5) is 11.7. The molecule has 0 fully saturated rings. The van der Waals surface area contributed by atoms with Crippen molar-refractivity contribution in [2.75, 3.05) is 36.3 Å². The maximum atomic E-state index is 11.7. The molecular formula is C14H22N2O4S. The van der Waals surface area contributed by atoms with Gasteiger partial charge in [-0.2, -0.15) is 0 Å². The lowest BCUT2D eigenvalue weighted by Gasteiger charge is -2.06. The van der Waals surface area contributed by atoms with Gasteiger partial charge in [0.25, 0.3) is 0 Å². The highest BCUT2D eigenvalue weighted by molar-refractivity contribution is 7.91. The van der Waals surface area contributed by atoms with Crippen LogP contribution in [0.25, 0.3) is 0 Å². The standard InChI is InChI=1S/C14H22N2O4S/c1-20-9-3-11-21(18,19)10-2-4-14(17)16-13-7-5-12(15)6-8-13/h5-8H,2-4,9-11,15H2,1H3,(H,16,17). The third-order valence-electron chi connectivity index (χ3n) is 2.86. The predicted molar refractivity (Wildman–Crippen MR) is 83.9 cm³/mol. The van der Waals surface area contributed by atoms with Crippen LogP contribution < -0.4 is 11.1 Å². The Balaban J connectivity index is 2.28. The molecule has 0 unspecified atom stereocenters. The van der Waals surface area contributed by atoms with Crippen molar-refractivity contribution >= 4 is 27.1 Å². The van der Waals surface area contributed by atoms with Gasteiger partial charge in [0.1, 0.15) is 9.84 Å². The zero-order valence-corrected chi connectivity index (χ0v) is 13.0. The smallest absolute Gasteiger partial charge is 0.224 e. The van der Waals surface area contributed by atoms with Crippen molar-refractivity contribution in [1.82, 2.24) is 0 Å². The van der Waals surface area contributed by atoms with Gasteiger partial charge in [-0.1, -0.05) is 0 Å². The van der Waals surface area contributed by atoms with Gasteiger partial charge in [0.2, 0.25) is 5.91 Å². The molecule has 0 aliphatic rings. The minimum Gasteiger partial charge on any atom is -0.399 e. The molecule has 0 aliphatic heterocycles. The minimum absolute atomic E-state index is 0.0197. The first kappa shape index (κ1) is 17.5. The number of sulfone groups is 1. The number of nitrogen functional groups attached to an aromatic ring is 1. The highest BCUT2D eigenvalue weighted by Gasteiger charge is 2.11. The number of rotatable bonds is 9. The van der Waals surface area contributed by atoms with Gasteiger partial charge < -0.3 is 15.8 Å². The number of methoxy groups -OCH3 is 1. The molecule has 0 aliphatic carbocycles. The van der Waals surface area contributed by atoms with E-state index < -0.39 is 9.84 Å². The van der Waals surface area contributed by atoms with E-state index in [-0.39, 0.29) is 23.8 Å². The van der Waals surface area contributed by atoms with Crippen molar-refractivity contribution in [3.63, 3.8) is 0 Å². The molecule has 1 aromatic carbocycles. The summed E-state index contributed by atoms with van der Waals surface area (Å²) in [5, 5.41) is 2.70. The number of benzene rings is 1. The van der Waals surface area contributed by atoms with E-state index >= 15 is 0 Å². The topological polar surface area (TPSA) is 98.5 Å². The van der Waals surface area contributed by atoms with Gasteiger partial charge >= 0.3 is 0 Å². The van der Waals surface area contributed by atoms with Gasteiger partial charge in [-0.25, -0.2) is 8.42 Å². The Morgan fingerprint density at radius 3 is 2.43 bits per heavy atom. The molecule has 1 aromatic rings. The van der Waals surface area contributed by atoms with E-state index in [4.69, 9.17) is 10.5 Å². The second kappa shape index (κ2) is 8.63. The van der Waals surface area contributed by atoms with E-state index in [1.807, 2.05) is 0 Å². The molecular weight excluding hydrogens is 292 g/mol. The SMILES string of the molecule is COCCCS(=O)(=O)CCCC(=O)Nc1ccc(N)cc1. The average Bonchev–Trinajstić information content (AvgIpc) is 2.41. The second-order valence-corrected chi connectivity index (χ2v) is 7.08. The largest absolute Gasteiger partial charge is 0.399 e. The van der Waals surface area contributed by atoms with Crippen LogP contribution in [0.1, 0.15) is 19.3 Å². The molecule has 0 atom stereocenters. The predicted octanol–water partition coefficient (Wildman–Crippen LogP) is 1.44. The Hall–Kier alpha value is -1.60. The Morgan fingerprint density at radius 1 is 1.19 bits per heavy atom. The molecule has 0 bridgehead atoms. The molecule has 118 valence electrons. The van der Waals surface area contributed by atoms with Gasteiger partial charge in [-0.15, -0.1) is 0 Å². The van der Waals surface area contributed by atoms with E-state index in [0.717, 1.165) is 0 Å². The van der Waals surface area contributed by atoms with Crippen LogP contribution in [-0.4, -0.2) is 39.5 Å². The van der Waals surface area contributed by atoms with Crippen LogP contribution in [0, 0.1) is 0 Å². The van der Waals surface area contributed by atoms with E-state index in [1.165, 1.54) is 7.11 Å². The molecule has 0 saturated heterocycles. The summed E-state index contributed by atoms with van der Waals surface area (Å²) in [6, 6.07) is 6.79. The molecule has 0 radical (unpaired) electrons. The van der Waals surface area contributed by atoms with Crippen LogP contribution in [0.4, 0.5) is 11.4 Å². The van der Waals surface area contributed by atoms with E-state index in [1.54, 1.807) is 24.3 Å². The number of hydrogen-bond donors (Lipinski definition) is 2. The quantitative estimate of drug-likeness (QED) is 0.531. The van der Waals surface area contributed by atoms with Gasteiger partial charge in [0, 0.05) is 31.5 Å². The first-order chi connectivity index (χ1) is 9.93. The van der Waals surface area contributed by atoms with Crippen LogP contribution in [0.3, 0.4) is 0 Å². The third kappa shape index (κ3) is 7.67. The normalized spacial score (nSPS) is 11.3. The lowest BCUT2D eigenvalue weighted by Crippen LogP contribution is -2.16. The number of carbonyl (C=O) groups excluding carboxylic acids is 1. The maximum Gasteiger partial charge on any atom is 0.224 e. The third-order valence-corrected chi connectivity index (χ3v) is 4.68. The lowest BCUT2D eigenvalue weighted by molar-refractivity contribution is -0.116. The molecule has 0 spiro atoms. The lowest BCUT2D eigenvalue weighted by atomic mass is 10.2. The second-order valence-electron chi connectivity index (χ2n) is 4.77. The molecule has 3 N–H and O–H groups in total. The number of nitrogens with one attached hydrogen (secondary N) is 1. The van der Waals surface area contributed by atoms with Gasteiger partial charge in [0.05, 0.1) is 11.5 Å². The van der Waals surface area contributed by atoms with Crippen molar-refractivity contribution in [2.24, 2.45) is 0 Å². The minimum atomic E-state index is -3.10. The summed E-state index contributed by atoms with van der Waals surface area (Å²) >= 11 is 0. The summed E-state index contributed by atoms with van der Waals surface area (Å²) in [6.07, 6.45) is 0.973. The van der Waals surface area contributed by atoms with Gasteiger partial charge in [0.15, 0.2) is 0 Å². The number of anilines is 2. The Bertz CT molecular complexity index is 541. The highest BCUT2D eigenvalue weighted by Crippen LogP contribution is 2.11. The molecule has 0 heterocycles. The number of ether oxygens (including phenoxy) is 1. The number of amides is 1. The molecule has 1 rings (SSSR count). The van der Waals surface area contributed by atoms with Crippen molar-refractivity contribution in [1.29, 1.82) is 0 Å². The Labute approximate surface area is 125 Å². The number of hydrogen-bond acceptors (Lipinski definition) is 5. The monoisotopic (exact) mass is 314 g/mol. The average molecular weight is 314 g/mol. The highest BCUT2D eigenvalue weighted by atomic mass is 32.2. The van der Waals surface area contributed by atoms with Gasteiger partial charge in [-0.05, 0) is 37.1 Å². The fourth-order valence-electron chi connectivity index (χ4n) is 1.77. The van der Waals surface area contributed by atoms with Crippen LogP contribution in [-0.2, 0) is 19.4 Å². The number of nitrogens with two attached hydrogens (primary N) is 1. The summed E-state index contributed by atoms with van der Waals surface area (Å²) < 4.78 is 28.2. The number of carbonyl (C=O) groups is 1. The maximum absolute atomic E-state index is 11.7. The summed E-state index contributed by atoms with van der Waals surface area (Å²) in [7, 11) is -1.57. The van der Waals surface area contributed by atoms with Crippen LogP contribution in [0.15, 0.2) is 24.3 Å². The summed E-state index contributed by atoms with van der Waals surface area (Å²) in [5.74, 6) is -0.0846. The van der Waals surface area contributed by atoms with Crippen molar-refractivity contribution in [2.45, 2.75) is 19.3 Å². The van der Waals surface area contributed by atoms with E-state index in [9.17, 15) is 13.2 Å². The fourth-order valence-corrected chi connectivity index (χ4v) is 3.11. The van der Waals surface area contributed by atoms with Crippen molar-refractivity contribution in [3.05, 3.63) is 24.3 Å². The zero-order chi connectivity index (χ0) is 15.7. The van der Waals surface area contributed by atoms with Crippen LogP contribution >= 0.6 is 0 Å². The van der Waals surface area contributed by atoms with Crippen molar-refractivity contribution < 1.29 is 17.9 Å². The first-order valence-electron chi connectivity index (χ1n) is 6.78. The summed E-state index contributed by atoms with van der Waals surface area (Å²) in [6.45, 7) is 0.427. The molecule has 7 heteroatoms. The molecule has 0 saturated carbocycles. The first-order valence-corrected chi connectivity index (χ1v) is 8.60.